The van der Waals surface area contributed by atoms with E-state index in [0.717, 1.165) is 51.4 Å². The zero-order valence-corrected chi connectivity index (χ0v) is 12.0. The van der Waals surface area contributed by atoms with Crippen LogP contribution in [0.25, 0.3) is 0 Å². The smallest absolute Gasteiger partial charge is 0.266 e. The molecule has 3 rings (SSSR count). The minimum atomic E-state index is 0.685. The van der Waals surface area contributed by atoms with Crippen molar-refractivity contribution in [2.24, 2.45) is 0 Å². The molecule has 1 N–H and O–H groups in total. The van der Waals surface area contributed by atoms with Gasteiger partial charge in [0.2, 0.25) is 5.89 Å². The van der Waals surface area contributed by atoms with Crippen molar-refractivity contribution in [3.63, 3.8) is 0 Å². The number of anilines is 2. The maximum absolute atomic E-state index is 5.31. The number of aromatic nitrogens is 2. The van der Waals surface area contributed by atoms with E-state index < -0.39 is 0 Å². The molecule has 0 radical (unpaired) electrons. The number of para-hydroxylation sites is 1. The van der Waals surface area contributed by atoms with Gasteiger partial charge in [-0.25, -0.2) is 0 Å². The van der Waals surface area contributed by atoms with Gasteiger partial charge in [-0.05, 0) is 23.7 Å². The zero-order valence-electron chi connectivity index (χ0n) is 12.0. The SMILES string of the molecule is c1ccc(NCCCc2nc(N3CCOCC3)no2)cc1. The van der Waals surface area contributed by atoms with Crippen molar-refractivity contribution < 1.29 is 9.26 Å². The highest BCUT2D eigenvalue weighted by Gasteiger charge is 2.16. The number of aryl methyl sites for hydroxylation is 1. The van der Waals surface area contributed by atoms with Crippen LogP contribution in [0, 0.1) is 0 Å². The summed E-state index contributed by atoms with van der Waals surface area (Å²) < 4.78 is 10.6. The molecule has 0 atom stereocenters. The Kier molecular flexibility index (Phi) is 4.68. The van der Waals surface area contributed by atoms with Crippen molar-refractivity contribution in [2.75, 3.05) is 43.1 Å². The number of hydrogen-bond acceptors (Lipinski definition) is 6. The third kappa shape index (κ3) is 3.95. The molecule has 0 spiro atoms. The normalized spacial score (nSPS) is 15.1. The maximum Gasteiger partial charge on any atom is 0.266 e. The van der Waals surface area contributed by atoms with Crippen molar-refractivity contribution in [3.8, 4) is 0 Å². The molecule has 0 amide bonds. The van der Waals surface area contributed by atoms with Gasteiger partial charge in [0.05, 0.1) is 13.2 Å². The molecule has 21 heavy (non-hydrogen) atoms. The number of nitrogens with one attached hydrogen (secondary N) is 1. The van der Waals surface area contributed by atoms with Gasteiger partial charge in [-0.2, -0.15) is 4.98 Å². The molecule has 6 heteroatoms. The maximum atomic E-state index is 5.31. The molecule has 112 valence electrons. The van der Waals surface area contributed by atoms with Crippen LogP contribution in [0.2, 0.25) is 0 Å². The number of nitrogens with zero attached hydrogens (tertiary/aromatic N) is 3. The monoisotopic (exact) mass is 288 g/mol. The van der Waals surface area contributed by atoms with Crippen LogP contribution >= 0.6 is 0 Å². The molecule has 0 unspecified atom stereocenters. The first-order valence-corrected chi connectivity index (χ1v) is 7.36. The molecule has 0 aliphatic carbocycles. The number of ether oxygens (including phenoxy) is 1. The van der Waals surface area contributed by atoms with Crippen LogP contribution in [0.3, 0.4) is 0 Å². The Morgan fingerprint density at radius 2 is 1.95 bits per heavy atom. The first-order valence-electron chi connectivity index (χ1n) is 7.36. The Hall–Kier alpha value is -2.08. The average Bonchev–Trinajstić information content (AvgIpc) is 3.02. The second kappa shape index (κ2) is 7.08. The highest BCUT2D eigenvalue weighted by molar-refractivity contribution is 5.42. The van der Waals surface area contributed by atoms with E-state index in [4.69, 9.17) is 9.26 Å². The molecule has 1 aliphatic rings. The van der Waals surface area contributed by atoms with E-state index in [1.807, 2.05) is 18.2 Å². The minimum Gasteiger partial charge on any atom is -0.385 e. The quantitative estimate of drug-likeness (QED) is 0.820. The molecule has 0 bridgehead atoms. The molecule has 1 fully saturated rings. The summed E-state index contributed by atoms with van der Waals surface area (Å²) in [6, 6.07) is 10.2. The molecule has 1 aromatic carbocycles. The standard InChI is InChI=1S/C15H20N4O2/c1-2-5-13(6-3-1)16-8-4-7-14-17-15(18-21-14)19-9-11-20-12-10-19/h1-3,5-6,16H,4,7-12H2. The van der Waals surface area contributed by atoms with Crippen LogP contribution < -0.4 is 10.2 Å². The van der Waals surface area contributed by atoms with Gasteiger partial charge in [0.15, 0.2) is 0 Å². The summed E-state index contributed by atoms with van der Waals surface area (Å²) in [6.07, 6.45) is 1.75. The fourth-order valence-corrected chi connectivity index (χ4v) is 2.27. The highest BCUT2D eigenvalue weighted by atomic mass is 16.5. The summed E-state index contributed by atoms with van der Waals surface area (Å²) in [6.45, 7) is 4.00. The second-order valence-electron chi connectivity index (χ2n) is 4.98. The summed E-state index contributed by atoms with van der Waals surface area (Å²) >= 11 is 0. The molecule has 0 saturated carbocycles. The summed E-state index contributed by atoms with van der Waals surface area (Å²) in [7, 11) is 0. The van der Waals surface area contributed by atoms with Gasteiger partial charge in [0.1, 0.15) is 0 Å². The summed E-state index contributed by atoms with van der Waals surface area (Å²) in [5.74, 6) is 1.38. The van der Waals surface area contributed by atoms with Crippen LogP contribution in [0.4, 0.5) is 11.6 Å². The first kappa shape index (κ1) is 13.9. The van der Waals surface area contributed by atoms with E-state index in [9.17, 15) is 0 Å². The molecule has 2 aromatic rings. The summed E-state index contributed by atoms with van der Waals surface area (Å²) in [5.41, 5.74) is 1.14. The number of morpholine rings is 1. The lowest BCUT2D eigenvalue weighted by atomic mass is 10.3. The van der Waals surface area contributed by atoms with Crippen LogP contribution in [-0.2, 0) is 11.2 Å². The van der Waals surface area contributed by atoms with Gasteiger partial charge in [0.25, 0.3) is 5.95 Å². The van der Waals surface area contributed by atoms with Crippen LogP contribution in [0.1, 0.15) is 12.3 Å². The van der Waals surface area contributed by atoms with Gasteiger partial charge in [-0.15, -0.1) is 0 Å². The molecule has 2 heterocycles. The summed E-state index contributed by atoms with van der Waals surface area (Å²) in [4.78, 5) is 6.54. The number of rotatable bonds is 6. The van der Waals surface area contributed by atoms with Crippen molar-refractivity contribution in [1.29, 1.82) is 0 Å². The van der Waals surface area contributed by atoms with Crippen LogP contribution in [0.15, 0.2) is 34.9 Å². The van der Waals surface area contributed by atoms with E-state index in [2.05, 4.69) is 32.5 Å². The second-order valence-corrected chi connectivity index (χ2v) is 4.98. The van der Waals surface area contributed by atoms with Crippen LogP contribution in [0.5, 0.6) is 0 Å². The van der Waals surface area contributed by atoms with Crippen molar-refractivity contribution in [3.05, 3.63) is 36.2 Å². The Labute approximate surface area is 124 Å². The summed E-state index contributed by atoms with van der Waals surface area (Å²) in [5, 5.41) is 7.41. The predicted octanol–water partition coefficient (Wildman–Crippen LogP) is 1.95. The van der Waals surface area contributed by atoms with E-state index in [1.54, 1.807) is 0 Å². The molecule has 6 nitrogen and oxygen atoms in total. The number of benzene rings is 1. The van der Waals surface area contributed by atoms with Gasteiger partial charge in [-0.1, -0.05) is 18.2 Å². The largest absolute Gasteiger partial charge is 0.385 e. The lowest BCUT2D eigenvalue weighted by molar-refractivity contribution is 0.121. The highest BCUT2D eigenvalue weighted by Crippen LogP contribution is 2.12. The van der Waals surface area contributed by atoms with Crippen molar-refractivity contribution >= 4 is 11.6 Å². The molecule has 1 aromatic heterocycles. The molecular weight excluding hydrogens is 268 g/mol. The van der Waals surface area contributed by atoms with Crippen LogP contribution in [-0.4, -0.2) is 43.0 Å². The Morgan fingerprint density at radius 3 is 2.76 bits per heavy atom. The van der Waals surface area contributed by atoms with Gasteiger partial charge in [0, 0.05) is 31.7 Å². The predicted molar refractivity (Wildman–Crippen MR) is 80.6 cm³/mol. The third-order valence-electron chi connectivity index (χ3n) is 3.42. The lowest BCUT2D eigenvalue weighted by Gasteiger charge is -2.24. The van der Waals surface area contributed by atoms with Gasteiger partial charge < -0.3 is 19.5 Å². The molecule has 1 saturated heterocycles. The van der Waals surface area contributed by atoms with Crippen molar-refractivity contribution in [1.82, 2.24) is 10.1 Å². The topological polar surface area (TPSA) is 63.4 Å². The molecule has 1 aliphatic heterocycles. The van der Waals surface area contributed by atoms with E-state index in [-0.39, 0.29) is 0 Å². The number of hydrogen-bond donors (Lipinski definition) is 1. The average molecular weight is 288 g/mol. The minimum absolute atomic E-state index is 0.685. The third-order valence-corrected chi connectivity index (χ3v) is 3.42. The van der Waals surface area contributed by atoms with E-state index >= 15 is 0 Å². The van der Waals surface area contributed by atoms with Gasteiger partial charge in [-0.3, -0.25) is 0 Å². The Balaban J connectivity index is 1.42. The van der Waals surface area contributed by atoms with Gasteiger partial charge >= 0.3 is 0 Å². The van der Waals surface area contributed by atoms with Crippen molar-refractivity contribution in [2.45, 2.75) is 12.8 Å². The fraction of sp³-hybridized carbons (Fsp3) is 0.467. The fourth-order valence-electron chi connectivity index (χ4n) is 2.27. The van der Waals surface area contributed by atoms with E-state index in [1.165, 1.54) is 0 Å². The Morgan fingerprint density at radius 1 is 1.14 bits per heavy atom. The first-order chi connectivity index (χ1) is 10.4. The van der Waals surface area contributed by atoms with E-state index in [0.29, 0.717) is 11.8 Å². The zero-order chi connectivity index (χ0) is 14.3. The lowest BCUT2D eigenvalue weighted by Crippen LogP contribution is -2.36. The molecular formula is C15H20N4O2. The Bertz CT molecular complexity index is 538.